The third-order valence-electron chi connectivity index (χ3n) is 8.07. The van der Waals surface area contributed by atoms with Crippen molar-refractivity contribution >= 4 is 51.5 Å². The number of aromatic nitrogens is 3. The van der Waals surface area contributed by atoms with Crippen molar-refractivity contribution in [2.75, 3.05) is 54.1 Å². The summed E-state index contributed by atoms with van der Waals surface area (Å²) in [4.78, 5) is 39.7. The third-order valence-corrected chi connectivity index (χ3v) is 8.07. The zero-order chi connectivity index (χ0) is 29.1. The highest BCUT2D eigenvalue weighted by atomic mass is 16.2. The Labute approximate surface area is 245 Å². The van der Waals surface area contributed by atoms with E-state index in [0.29, 0.717) is 17.3 Å². The molecule has 1 saturated heterocycles. The lowest BCUT2D eigenvalue weighted by Gasteiger charge is -2.35. The summed E-state index contributed by atoms with van der Waals surface area (Å²) in [5.41, 5.74) is 4.46. The molecule has 0 unspecified atom stereocenters. The van der Waals surface area contributed by atoms with Crippen LogP contribution < -0.4 is 20.9 Å². The molecule has 2 amide bonds. The zero-order valence-electron chi connectivity index (χ0n) is 23.8. The van der Waals surface area contributed by atoms with Gasteiger partial charge in [0.05, 0.1) is 11.4 Å². The standard InChI is InChI=1S/C32H36N8O2/c1-3-29(41)36-26-20-24(13-14-27(26)39-17-15-38(2)16-18-39)35-32-33-21-22-19-28(31(42)34-23-9-5-4-6-10-23)40(30(22)37-32)25-11-7-8-12-25/h3-6,9-10,13-14,19-21,25H,1,7-8,11-12,15-18H2,2H3,(H,34,42)(H,36,41)(H,33,35,37). The van der Waals surface area contributed by atoms with Crippen LogP contribution in [-0.4, -0.2) is 64.5 Å². The maximum atomic E-state index is 13.4. The highest BCUT2D eigenvalue weighted by Gasteiger charge is 2.26. The average Bonchev–Trinajstić information content (AvgIpc) is 3.66. The van der Waals surface area contributed by atoms with Crippen LogP contribution >= 0.6 is 0 Å². The Morgan fingerprint density at radius 1 is 0.952 bits per heavy atom. The molecule has 2 fully saturated rings. The number of carbonyl (C=O) groups excluding carboxylic acids is 2. The first-order chi connectivity index (χ1) is 20.5. The molecule has 0 bridgehead atoms. The Bertz CT molecular complexity index is 1600. The van der Waals surface area contributed by atoms with Crippen LogP contribution in [0.3, 0.4) is 0 Å². The van der Waals surface area contributed by atoms with E-state index in [1.54, 1.807) is 6.20 Å². The number of rotatable bonds is 8. The van der Waals surface area contributed by atoms with Crippen molar-refractivity contribution in [2.45, 2.75) is 31.7 Å². The minimum atomic E-state index is -0.268. The molecule has 10 nitrogen and oxygen atoms in total. The molecule has 1 saturated carbocycles. The Kier molecular flexibility index (Phi) is 7.87. The molecule has 1 aliphatic carbocycles. The fourth-order valence-electron chi connectivity index (χ4n) is 5.84. The number of hydrogen-bond acceptors (Lipinski definition) is 7. The first-order valence-corrected chi connectivity index (χ1v) is 14.5. The van der Waals surface area contributed by atoms with Crippen LogP contribution in [0.4, 0.5) is 28.7 Å². The van der Waals surface area contributed by atoms with E-state index in [-0.39, 0.29) is 17.9 Å². The molecule has 2 aromatic heterocycles. The Hall–Kier alpha value is -4.70. The van der Waals surface area contributed by atoms with Gasteiger partial charge < -0.3 is 30.3 Å². The zero-order valence-corrected chi connectivity index (χ0v) is 23.8. The van der Waals surface area contributed by atoms with E-state index in [0.717, 1.165) is 80.0 Å². The van der Waals surface area contributed by atoms with E-state index in [9.17, 15) is 9.59 Å². The molecule has 4 aromatic rings. The minimum Gasteiger partial charge on any atom is -0.367 e. The third kappa shape index (κ3) is 5.84. The summed E-state index contributed by atoms with van der Waals surface area (Å²) in [6.45, 7) is 7.26. The van der Waals surface area contributed by atoms with Gasteiger partial charge in [-0.25, -0.2) is 4.98 Å². The van der Waals surface area contributed by atoms with Gasteiger partial charge in [0, 0.05) is 55.2 Å². The number of piperazine rings is 1. The van der Waals surface area contributed by atoms with E-state index >= 15 is 0 Å². The largest absolute Gasteiger partial charge is 0.367 e. The number of fused-ring (bicyclic) bond motifs is 1. The maximum Gasteiger partial charge on any atom is 0.272 e. The Morgan fingerprint density at radius 2 is 1.71 bits per heavy atom. The lowest BCUT2D eigenvalue weighted by molar-refractivity contribution is -0.111. The van der Waals surface area contributed by atoms with Gasteiger partial charge >= 0.3 is 0 Å². The summed E-state index contributed by atoms with van der Waals surface area (Å²) in [7, 11) is 2.11. The van der Waals surface area contributed by atoms with Gasteiger partial charge in [-0.3, -0.25) is 9.59 Å². The molecule has 2 aliphatic rings. The number of carbonyl (C=O) groups is 2. The molecule has 0 spiro atoms. The first kappa shape index (κ1) is 27.5. The van der Waals surface area contributed by atoms with E-state index in [4.69, 9.17) is 4.98 Å². The summed E-state index contributed by atoms with van der Waals surface area (Å²) >= 11 is 0. The van der Waals surface area contributed by atoms with Gasteiger partial charge in [0.25, 0.3) is 5.91 Å². The number of anilines is 5. The van der Waals surface area contributed by atoms with Crippen LogP contribution in [-0.2, 0) is 4.79 Å². The minimum absolute atomic E-state index is 0.164. The van der Waals surface area contributed by atoms with Crippen LogP contribution in [0, 0.1) is 0 Å². The molecule has 10 heteroatoms. The van der Waals surface area contributed by atoms with Crippen LogP contribution in [0.2, 0.25) is 0 Å². The predicted octanol–water partition coefficient (Wildman–Crippen LogP) is 5.42. The first-order valence-electron chi connectivity index (χ1n) is 14.5. The van der Waals surface area contributed by atoms with E-state index in [2.05, 4.69) is 48.9 Å². The van der Waals surface area contributed by atoms with Crippen molar-refractivity contribution in [3.05, 3.63) is 79.1 Å². The molecule has 3 N–H and O–H groups in total. The van der Waals surface area contributed by atoms with Crippen LogP contribution in [0.15, 0.2) is 73.4 Å². The lowest BCUT2D eigenvalue weighted by atomic mass is 10.2. The van der Waals surface area contributed by atoms with Crippen molar-refractivity contribution in [1.82, 2.24) is 19.4 Å². The fourth-order valence-corrected chi connectivity index (χ4v) is 5.84. The number of hydrogen-bond donors (Lipinski definition) is 3. The molecule has 216 valence electrons. The smallest absolute Gasteiger partial charge is 0.272 e. The van der Waals surface area contributed by atoms with Crippen molar-refractivity contribution in [3.8, 4) is 0 Å². The SMILES string of the molecule is C=CC(=O)Nc1cc(Nc2ncc3cc(C(=O)Nc4ccccc4)n(C4CCCC4)c3n2)ccc1N1CCN(C)CC1. The number of nitrogens with one attached hydrogen (secondary N) is 3. The predicted molar refractivity (Wildman–Crippen MR) is 168 cm³/mol. The molecular formula is C32H36N8O2. The maximum absolute atomic E-state index is 13.4. The van der Waals surface area contributed by atoms with Gasteiger partial charge in [-0.05, 0) is 62.4 Å². The van der Waals surface area contributed by atoms with Gasteiger partial charge in [-0.15, -0.1) is 0 Å². The van der Waals surface area contributed by atoms with Crippen LogP contribution in [0.1, 0.15) is 42.2 Å². The summed E-state index contributed by atoms with van der Waals surface area (Å²) in [5, 5.41) is 10.1. The Balaban J connectivity index is 1.31. The number of para-hydroxylation sites is 1. The van der Waals surface area contributed by atoms with Crippen LogP contribution in [0.25, 0.3) is 11.0 Å². The quantitative estimate of drug-likeness (QED) is 0.245. The molecule has 1 aliphatic heterocycles. The number of benzene rings is 2. The average molecular weight is 565 g/mol. The van der Waals surface area contributed by atoms with E-state index in [1.807, 2.05) is 54.6 Å². The highest BCUT2D eigenvalue weighted by Crippen LogP contribution is 2.35. The van der Waals surface area contributed by atoms with Gasteiger partial charge in [0.1, 0.15) is 11.3 Å². The molecule has 3 heterocycles. The second kappa shape index (κ2) is 12.0. The monoisotopic (exact) mass is 564 g/mol. The molecule has 6 rings (SSSR count). The summed E-state index contributed by atoms with van der Waals surface area (Å²) in [6.07, 6.45) is 7.28. The number of likely N-dealkylation sites (N-methyl/N-ethyl adjacent to an activating group) is 1. The van der Waals surface area contributed by atoms with Crippen molar-refractivity contribution in [3.63, 3.8) is 0 Å². The van der Waals surface area contributed by atoms with Crippen molar-refractivity contribution in [1.29, 1.82) is 0 Å². The molecular weight excluding hydrogens is 528 g/mol. The fraction of sp³-hybridized carbons (Fsp3) is 0.312. The summed E-state index contributed by atoms with van der Waals surface area (Å²) < 4.78 is 2.08. The highest BCUT2D eigenvalue weighted by molar-refractivity contribution is 6.06. The van der Waals surface area contributed by atoms with Crippen molar-refractivity contribution in [2.24, 2.45) is 0 Å². The topological polar surface area (TPSA) is 107 Å². The Morgan fingerprint density at radius 3 is 2.45 bits per heavy atom. The van der Waals surface area contributed by atoms with Gasteiger partial charge in [-0.1, -0.05) is 37.6 Å². The summed E-state index contributed by atoms with van der Waals surface area (Å²) in [5.74, 6) is -0.0122. The molecule has 42 heavy (non-hydrogen) atoms. The van der Waals surface area contributed by atoms with Gasteiger partial charge in [-0.2, -0.15) is 4.98 Å². The number of amides is 2. The second-order valence-corrected chi connectivity index (χ2v) is 11.0. The van der Waals surface area contributed by atoms with Gasteiger partial charge in [0.15, 0.2) is 0 Å². The van der Waals surface area contributed by atoms with E-state index < -0.39 is 0 Å². The lowest BCUT2D eigenvalue weighted by Crippen LogP contribution is -2.44. The van der Waals surface area contributed by atoms with Crippen LogP contribution in [0.5, 0.6) is 0 Å². The van der Waals surface area contributed by atoms with Gasteiger partial charge in [0.2, 0.25) is 11.9 Å². The molecule has 0 atom stereocenters. The normalized spacial score (nSPS) is 16.0. The number of nitrogens with zero attached hydrogens (tertiary/aromatic N) is 5. The second-order valence-electron chi connectivity index (χ2n) is 11.0. The van der Waals surface area contributed by atoms with E-state index in [1.165, 1.54) is 6.08 Å². The molecule has 0 radical (unpaired) electrons. The molecule has 2 aromatic carbocycles. The summed E-state index contributed by atoms with van der Waals surface area (Å²) in [6, 6.07) is 17.4. The van der Waals surface area contributed by atoms with Crippen molar-refractivity contribution < 1.29 is 9.59 Å².